The number of carbonyl (C=O) groups is 11. The highest BCUT2D eigenvalue weighted by molar-refractivity contribution is 5.99. The molecule has 0 bridgehead atoms. The van der Waals surface area contributed by atoms with E-state index in [9.17, 15) is 63.0 Å². The molecule has 564 valence electrons. The Morgan fingerprint density at radius 1 is 0.416 bits per heavy atom. The number of phenols is 1. The number of nitrogens with one attached hydrogen (secondary N) is 9. The smallest absolute Gasteiger partial charge is 0.326 e. The summed E-state index contributed by atoms with van der Waals surface area (Å²) in [7, 11) is 0. The maximum atomic E-state index is 14.5. The van der Waals surface area contributed by atoms with Crippen LogP contribution in [0.15, 0.2) is 54.2 Å². The molecule has 42 heteroatoms. The average molecular weight is 1430 g/mol. The van der Waals surface area contributed by atoms with Gasteiger partial charge in [0.1, 0.15) is 66.2 Å². The van der Waals surface area contributed by atoms with Gasteiger partial charge in [0.05, 0.1) is 6.04 Å². The van der Waals surface area contributed by atoms with Gasteiger partial charge in [-0.1, -0.05) is 12.1 Å². The van der Waals surface area contributed by atoms with E-state index in [-0.39, 0.29) is 177 Å². The maximum absolute atomic E-state index is 14.5. The fourth-order valence-corrected chi connectivity index (χ4v) is 9.97. The number of rotatable bonds is 46. The van der Waals surface area contributed by atoms with Crippen LogP contribution >= 0.6 is 0 Å². The Labute approximate surface area is 584 Å². The van der Waals surface area contributed by atoms with Gasteiger partial charge < -0.3 is 138 Å². The summed E-state index contributed by atoms with van der Waals surface area (Å²) >= 11 is 0. The predicted molar refractivity (Wildman–Crippen MR) is 376 cm³/mol. The molecule has 1 aromatic rings. The van der Waals surface area contributed by atoms with Crippen molar-refractivity contribution in [1.82, 2.24) is 52.8 Å². The monoisotopic (exact) mass is 1430 g/mol. The number of hydrogen-bond donors (Lipinski definition) is 24. The number of guanidine groups is 6. The van der Waals surface area contributed by atoms with Crippen molar-refractivity contribution in [2.75, 3.05) is 45.8 Å². The molecule has 0 radical (unpaired) electrons. The van der Waals surface area contributed by atoms with Crippen molar-refractivity contribution in [2.24, 2.45) is 104 Å². The van der Waals surface area contributed by atoms with Crippen molar-refractivity contribution in [3.05, 3.63) is 29.8 Å². The lowest BCUT2D eigenvalue weighted by molar-refractivity contribution is -0.142. The summed E-state index contributed by atoms with van der Waals surface area (Å²) in [5.74, 6) is -11.3. The zero-order valence-electron chi connectivity index (χ0n) is 57.2. The molecule has 11 atom stereocenters. The standard InChI is InChI=1S/C59H105N29O13/c1-30(79-45(92)35(60)29-33-18-20-34(89)21-19-33)43(90)82-36(11-4-22-73-54(61)62)47(94)81-32(3)52(99)88-28-10-17-42(88)51(98)86-40(15-8-26-77-58(69)70)49(96)84-37(12-5-23-74-55(63)64)46(93)80-31(2)44(91)83-38(13-6-24-75-56(65)66)48(95)85-39(14-7-25-76-57(67)68)50(97)87-41(53(100)101)16-9-27-78-59(71)72/h18-21,30-32,35-42,89H,4-17,22-29,60H2,1-3H3,(H,79,92)(H,80,93)(H,81,94)(H,82,90)(H,83,91)(H,84,96)(H,85,95)(H,86,98)(H,87,97)(H,100,101)(H4,61,62,73)(H4,63,64,74)(H4,65,66,75)(H4,67,68,76)(H4,69,70,77)(H4,71,72,78)/t30-,31-,32-,35-,36-,37-,38-,39-,40-,41-,42-/m0/s1. The van der Waals surface area contributed by atoms with Gasteiger partial charge in [-0.2, -0.15) is 0 Å². The molecule has 42 nitrogen and oxygen atoms in total. The van der Waals surface area contributed by atoms with Crippen LogP contribution in [-0.4, -0.2) is 228 Å². The Bertz CT molecular complexity index is 3110. The number of aromatic hydroxyl groups is 1. The van der Waals surface area contributed by atoms with E-state index in [2.05, 4.69) is 77.8 Å². The van der Waals surface area contributed by atoms with Crippen LogP contribution in [0.3, 0.4) is 0 Å². The molecule has 1 fully saturated rings. The van der Waals surface area contributed by atoms with Crippen LogP contribution in [0.4, 0.5) is 0 Å². The first-order valence-electron chi connectivity index (χ1n) is 32.7. The SMILES string of the molecule is C[C@H](NC(=O)[C@H](CCCN=C(N)N)NC(=O)[C@H](CCCN=C(N)N)NC(=O)[C@@H]1CCCN1C(=O)[C@H](C)NC(=O)[C@H](CCCN=C(N)N)NC(=O)[C@H](C)NC(=O)[C@@H](N)Cc1ccc(O)cc1)C(=O)N[C@@H](CCCN=C(N)N)C(=O)N[C@@H](CCCN=C(N)N)C(=O)N[C@@H](CCCN=C(N)N)C(=O)O. The highest BCUT2D eigenvalue weighted by Gasteiger charge is 2.40. The summed E-state index contributed by atoms with van der Waals surface area (Å²) in [6, 6.07) is -8.77. The number of aliphatic carboxylic acids is 1. The number of carboxylic acid groups (broad SMARTS) is 1. The van der Waals surface area contributed by atoms with Gasteiger partial charge in [0.2, 0.25) is 59.1 Å². The number of nitrogens with two attached hydrogens (primary N) is 13. The predicted octanol–water partition coefficient (Wildman–Crippen LogP) is -9.92. The van der Waals surface area contributed by atoms with Gasteiger partial charge in [0.25, 0.3) is 0 Å². The van der Waals surface area contributed by atoms with Crippen molar-refractivity contribution >= 4 is 101 Å². The van der Waals surface area contributed by atoms with E-state index in [4.69, 9.17) is 74.5 Å². The first kappa shape index (κ1) is 85.9. The lowest BCUT2D eigenvalue weighted by atomic mass is 10.1. The van der Waals surface area contributed by atoms with Crippen LogP contribution in [0, 0.1) is 0 Å². The van der Waals surface area contributed by atoms with Crippen LogP contribution in [-0.2, 0) is 59.2 Å². The largest absolute Gasteiger partial charge is 0.508 e. The van der Waals surface area contributed by atoms with E-state index in [1.54, 1.807) is 12.1 Å². The highest BCUT2D eigenvalue weighted by Crippen LogP contribution is 2.20. The van der Waals surface area contributed by atoms with Gasteiger partial charge in [-0.05, 0) is 135 Å². The van der Waals surface area contributed by atoms with E-state index < -0.39 is 132 Å². The molecule has 1 saturated heterocycles. The second-order valence-electron chi connectivity index (χ2n) is 23.8. The number of phenolic OH excluding ortho intramolecular Hbond substituents is 1. The third kappa shape index (κ3) is 34.7. The van der Waals surface area contributed by atoms with Gasteiger partial charge in [0.15, 0.2) is 35.8 Å². The van der Waals surface area contributed by atoms with Crippen molar-refractivity contribution in [3.63, 3.8) is 0 Å². The molecule has 0 saturated carbocycles. The lowest BCUT2D eigenvalue weighted by Crippen LogP contribution is -2.60. The topological polar surface area (TPSA) is 752 Å². The summed E-state index contributed by atoms with van der Waals surface area (Å²) in [6.07, 6.45) is 0.413. The number of carbonyl (C=O) groups excluding carboxylic acids is 10. The van der Waals surface area contributed by atoms with Crippen LogP contribution in [0.25, 0.3) is 0 Å². The second-order valence-corrected chi connectivity index (χ2v) is 23.8. The maximum Gasteiger partial charge on any atom is 0.326 e. The molecular formula is C59H105N29O13. The minimum Gasteiger partial charge on any atom is -0.508 e. The Morgan fingerprint density at radius 3 is 1.04 bits per heavy atom. The molecule has 1 aromatic carbocycles. The quantitative estimate of drug-likeness (QED) is 0.0164. The van der Waals surface area contributed by atoms with Gasteiger partial charge in [-0.3, -0.25) is 77.9 Å². The molecule has 101 heavy (non-hydrogen) atoms. The molecule has 0 aliphatic carbocycles. The number of carboxylic acids is 1. The average Bonchev–Trinajstić information content (AvgIpc) is 1.79. The Hall–Kier alpha value is -11.2. The Balaban J connectivity index is 2.43. The minimum absolute atomic E-state index is 0.00400. The van der Waals surface area contributed by atoms with Crippen LogP contribution in [0.5, 0.6) is 5.75 Å². The van der Waals surface area contributed by atoms with E-state index >= 15 is 0 Å². The number of nitrogens with zero attached hydrogens (tertiary/aromatic N) is 7. The minimum atomic E-state index is -1.47. The number of aliphatic imine (C=N–C) groups is 6. The molecule has 10 amide bonds. The summed E-state index contributed by atoms with van der Waals surface area (Å²) in [6.45, 7) is 4.09. The molecule has 1 heterocycles. The van der Waals surface area contributed by atoms with E-state index in [0.717, 1.165) is 0 Å². The van der Waals surface area contributed by atoms with Crippen LogP contribution < -0.4 is 122 Å². The van der Waals surface area contributed by atoms with Crippen LogP contribution in [0.1, 0.15) is 116 Å². The van der Waals surface area contributed by atoms with Gasteiger partial charge in [0, 0.05) is 45.8 Å². The normalized spacial score (nSPS) is 15.2. The summed E-state index contributed by atoms with van der Waals surface area (Å²) in [4.78, 5) is 177. The number of benzene rings is 1. The molecule has 37 N–H and O–H groups in total. The first-order chi connectivity index (χ1) is 47.6. The summed E-state index contributed by atoms with van der Waals surface area (Å²) in [5.41, 5.74) is 72.7. The zero-order valence-corrected chi connectivity index (χ0v) is 57.2. The Morgan fingerprint density at radius 2 is 0.703 bits per heavy atom. The molecule has 1 aliphatic heterocycles. The number of likely N-dealkylation sites (tertiary alicyclic amines) is 1. The van der Waals surface area contributed by atoms with E-state index in [1.807, 2.05) is 0 Å². The van der Waals surface area contributed by atoms with Gasteiger partial charge in [-0.25, -0.2) is 4.79 Å². The molecular weight excluding hydrogens is 1320 g/mol. The molecule has 1 aliphatic rings. The highest BCUT2D eigenvalue weighted by atomic mass is 16.4. The molecule has 0 spiro atoms. The van der Waals surface area contributed by atoms with Crippen molar-refractivity contribution in [1.29, 1.82) is 0 Å². The van der Waals surface area contributed by atoms with Crippen molar-refractivity contribution < 1.29 is 63.0 Å². The van der Waals surface area contributed by atoms with E-state index in [0.29, 0.717) is 12.0 Å². The van der Waals surface area contributed by atoms with Crippen LogP contribution in [0.2, 0.25) is 0 Å². The second kappa shape index (κ2) is 45.4. The molecule has 0 unspecified atom stereocenters. The van der Waals surface area contributed by atoms with Gasteiger partial charge >= 0.3 is 5.97 Å². The molecule has 2 rings (SSSR count). The third-order valence-corrected chi connectivity index (χ3v) is 15.3. The first-order valence-corrected chi connectivity index (χ1v) is 32.7. The Kier molecular flexibility index (Phi) is 38.6. The van der Waals surface area contributed by atoms with Crippen molar-refractivity contribution in [3.8, 4) is 5.75 Å². The van der Waals surface area contributed by atoms with Gasteiger partial charge in [-0.15, -0.1) is 0 Å². The lowest BCUT2D eigenvalue weighted by Gasteiger charge is -2.30. The number of hydrogen-bond acceptors (Lipinski definition) is 19. The van der Waals surface area contributed by atoms with E-state index in [1.165, 1.54) is 37.8 Å². The molecule has 0 aromatic heterocycles. The fourth-order valence-electron chi connectivity index (χ4n) is 9.97. The van der Waals surface area contributed by atoms with Crippen molar-refractivity contribution in [2.45, 2.75) is 184 Å². The zero-order chi connectivity index (χ0) is 75.9. The number of amides is 10. The summed E-state index contributed by atoms with van der Waals surface area (Å²) < 4.78 is 0. The summed E-state index contributed by atoms with van der Waals surface area (Å²) in [5, 5.41) is 42.7. The fraction of sp³-hybridized carbons (Fsp3) is 0.610. The third-order valence-electron chi connectivity index (χ3n) is 15.3.